The Morgan fingerprint density at radius 2 is 1.77 bits per heavy atom. The zero-order valence-electron chi connectivity index (χ0n) is 19.5. The fourth-order valence-electron chi connectivity index (χ4n) is 3.91. The van der Waals surface area contributed by atoms with Crippen LogP contribution in [-0.2, 0) is 4.74 Å². The molecular formula is C25H26FN5O4. The topological polar surface area (TPSA) is 106 Å². The highest BCUT2D eigenvalue weighted by Gasteiger charge is 2.22. The van der Waals surface area contributed by atoms with Gasteiger partial charge in [0.25, 0.3) is 0 Å². The Hall–Kier alpha value is -4.21. The number of ether oxygens (including phenoxy) is 2. The van der Waals surface area contributed by atoms with E-state index in [0.29, 0.717) is 47.2 Å². The lowest BCUT2D eigenvalue weighted by Gasteiger charge is -2.33. The molecule has 9 nitrogen and oxygen atoms in total. The number of carbonyl (C=O) groups excluding carboxylic acids is 2. The molecule has 1 fully saturated rings. The quantitative estimate of drug-likeness (QED) is 0.517. The number of nitrogens with one attached hydrogen (secondary N) is 2. The summed E-state index contributed by atoms with van der Waals surface area (Å²) < 4.78 is 24.2. The number of halogens is 1. The van der Waals surface area contributed by atoms with E-state index in [1.807, 2.05) is 0 Å². The van der Waals surface area contributed by atoms with Gasteiger partial charge in [0.05, 0.1) is 25.5 Å². The number of hydrogen-bond acceptors (Lipinski definition) is 7. The summed E-state index contributed by atoms with van der Waals surface area (Å²) in [5.74, 6) is 0.303. The van der Waals surface area contributed by atoms with Gasteiger partial charge in [-0.1, -0.05) is 0 Å². The van der Waals surface area contributed by atoms with Crippen LogP contribution >= 0.6 is 0 Å². The van der Waals surface area contributed by atoms with Crippen molar-refractivity contribution >= 4 is 23.5 Å². The van der Waals surface area contributed by atoms with Crippen molar-refractivity contribution in [3.63, 3.8) is 0 Å². The molecule has 1 aliphatic rings. The van der Waals surface area contributed by atoms with Gasteiger partial charge in [-0.15, -0.1) is 0 Å². The van der Waals surface area contributed by atoms with Crippen molar-refractivity contribution in [1.29, 1.82) is 0 Å². The third-order valence-corrected chi connectivity index (χ3v) is 5.82. The smallest absolute Gasteiger partial charge is 0.337 e. The lowest BCUT2D eigenvalue weighted by molar-refractivity contribution is 0.0600. The maximum Gasteiger partial charge on any atom is 0.337 e. The van der Waals surface area contributed by atoms with Crippen LogP contribution in [0.2, 0.25) is 0 Å². The van der Waals surface area contributed by atoms with Crippen LogP contribution in [0, 0.1) is 5.82 Å². The number of benzene rings is 2. The molecule has 4 rings (SSSR count). The van der Waals surface area contributed by atoms with Crippen LogP contribution in [0.1, 0.15) is 23.2 Å². The lowest BCUT2D eigenvalue weighted by atomic mass is 10.0. The van der Waals surface area contributed by atoms with E-state index in [9.17, 15) is 14.0 Å². The maximum atomic E-state index is 14.5. The van der Waals surface area contributed by atoms with Gasteiger partial charge in [0.1, 0.15) is 23.7 Å². The molecular weight excluding hydrogens is 453 g/mol. The van der Waals surface area contributed by atoms with Gasteiger partial charge in [0.15, 0.2) is 0 Å². The Morgan fingerprint density at radius 3 is 2.43 bits per heavy atom. The van der Waals surface area contributed by atoms with Gasteiger partial charge in [0, 0.05) is 42.5 Å². The predicted molar refractivity (Wildman–Crippen MR) is 129 cm³/mol. The normalized spacial score (nSPS) is 13.7. The maximum absolute atomic E-state index is 14.5. The van der Waals surface area contributed by atoms with Crippen molar-refractivity contribution in [1.82, 2.24) is 15.3 Å². The van der Waals surface area contributed by atoms with Gasteiger partial charge in [-0.25, -0.2) is 23.9 Å². The number of nitrogens with zero attached hydrogens (tertiary/aromatic N) is 3. The molecule has 2 heterocycles. The first-order valence-electron chi connectivity index (χ1n) is 11.1. The largest absolute Gasteiger partial charge is 0.497 e. The second-order valence-corrected chi connectivity index (χ2v) is 8.04. The monoisotopic (exact) mass is 479 g/mol. The number of piperidine rings is 1. The number of urea groups is 1. The molecule has 0 aliphatic carbocycles. The van der Waals surface area contributed by atoms with Gasteiger partial charge in [-0.3, -0.25) is 0 Å². The Morgan fingerprint density at radius 1 is 1.03 bits per heavy atom. The number of aromatic nitrogens is 2. The first-order chi connectivity index (χ1) is 17.0. The van der Waals surface area contributed by atoms with Gasteiger partial charge in [-0.2, -0.15) is 0 Å². The summed E-state index contributed by atoms with van der Waals surface area (Å²) in [7, 11) is 2.81. The fraction of sp³-hybridized carbons (Fsp3) is 0.280. The zero-order valence-corrected chi connectivity index (χ0v) is 19.5. The van der Waals surface area contributed by atoms with Crippen LogP contribution in [0.3, 0.4) is 0 Å². The second-order valence-electron chi connectivity index (χ2n) is 8.04. The molecule has 35 heavy (non-hydrogen) atoms. The molecule has 1 saturated heterocycles. The Balaban J connectivity index is 1.31. The lowest BCUT2D eigenvalue weighted by Crippen LogP contribution is -2.46. The van der Waals surface area contributed by atoms with Crippen molar-refractivity contribution in [3.8, 4) is 17.0 Å². The van der Waals surface area contributed by atoms with E-state index in [2.05, 4.69) is 30.2 Å². The molecule has 1 aromatic heterocycles. The van der Waals surface area contributed by atoms with Crippen molar-refractivity contribution < 1.29 is 23.5 Å². The number of methoxy groups -OCH3 is 2. The molecule has 0 saturated carbocycles. The molecule has 182 valence electrons. The van der Waals surface area contributed by atoms with E-state index in [-0.39, 0.29) is 12.1 Å². The summed E-state index contributed by atoms with van der Waals surface area (Å²) in [6, 6.07) is 12.6. The van der Waals surface area contributed by atoms with Crippen LogP contribution < -0.4 is 20.3 Å². The summed E-state index contributed by atoms with van der Waals surface area (Å²) in [5.41, 5.74) is 1.86. The van der Waals surface area contributed by atoms with Crippen LogP contribution in [0.15, 0.2) is 54.9 Å². The molecule has 0 unspecified atom stereocenters. The summed E-state index contributed by atoms with van der Waals surface area (Å²) in [6.07, 6.45) is 2.88. The third-order valence-electron chi connectivity index (χ3n) is 5.82. The first-order valence-corrected chi connectivity index (χ1v) is 11.1. The van der Waals surface area contributed by atoms with E-state index in [1.54, 1.807) is 42.5 Å². The van der Waals surface area contributed by atoms with Crippen molar-refractivity contribution in [3.05, 3.63) is 66.2 Å². The fourth-order valence-corrected chi connectivity index (χ4v) is 3.91. The van der Waals surface area contributed by atoms with E-state index < -0.39 is 11.8 Å². The molecule has 0 spiro atoms. The Kier molecular flexibility index (Phi) is 7.39. The minimum absolute atomic E-state index is 0.000864. The number of amides is 2. The highest BCUT2D eigenvalue weighted by Crippen LogP contribution is 2.27. The second kappa shape index (κ2) is 10.8. The van der Waals surface area contributed by atoms with E-state index >= 15 is 0 Å². The zero-order chi connectivity index (χ0) is 24.8. The molecule has 10 heteroatoms. The molecule has 2 amide bonds. The van der Waals surface area contributed by atoms with Crippen molar-refractivity contribution in [2.75, 3.05) is 37.5 Å². The average molecular weight is 480 g/mol. The van der Waals surface area contributed by atoms with Crippen molar-refractivity contribution in [2.45, 2.75) is 18.9 Å². The summed E-state index contributed by atoms with van der Waals surface area (Å²) in [6.45, 7) is 1.36. The molecule has 2 N–H and O–H groups in total. The van der Waals surface area contributed by atoms with E-state index in [0.717, 1.165) is 12.8 Å². The SMILES string of the molecule is COC(=O)c1ccc(NC(=O)NC2CCN(c3cc(-c4ccc(OC)cc4F)ncn3)CC2)cc1. The van der Waals surface area contributed by atoms with Gasteiger partial charge in [-0.05, 0) is 49.2 Å². The highest BCUT2D eigenvalue weighted by molar-refractivity contribution is 5.92. The highest BCUT2D eigenvalue weighted by atomic mass is 19.1. The average Bonchev–Trinajstić information content (AvgIpc) is 2.89. The van der Waals surface area contributed by atoms with Crippen LogP contribution in [-0.4, -0.2) is 55.3 Å². The number of rotatable bonds is 6. The molecule has 0 atom stereocenters. The summed E-state index contributed by atoms with van der Waals surface area (Å²) in [4.78, 5) is 34.6. The minimum atomic E-state index is -0.433. The third kappa shape index (κ3) is 5.84. The predicted octanol–water partition coefficient (Wildman–Crippen LogP) is 3.87. The van der Waals surface area contributed by atoms with Crippen LogP contribution in [0.25, 0.3) is 11.3 Å². The van der Waals surface area contributed by atoms with Crippen molar-refractivity contribution in [2.24, 2.45) is 0 Å². The first kappa shape index (κ1) is 23.9. The van der Waals surface area contributed by atoms with Gasteiger partial charge < -0.3 is 25.0 Å². The summed E-state index contributed by atoms with van der Waals surface area (Å²) in [5, 5.41) is 5.76. The summed E-state index contributed by atoms with van der Waals surface area (Å²) >= 11 is 0. The molecule has 2 aromatic carbocycles. The number of anilines is 2. The van der Waals surface area contributed by atoms with Gasteiger partial charge >= 0.3 is 12.0 Å². The Labute approximate surface area is 202 Å². The Bertz CT molecular complexity index is 1200. The number of carbonyl (C=O) groups is 2. The molecule has 1 aliphatic heterocycles. The van der Waals surface area contributed by atoms with Gasteiger partial charge in [0.2, 0.25) is 0 Å². The molecule has 3 aromatic rings. The molecule has 0 radical (unpaired) electrons. The molecule has 0 bridgehead atoms. The van der Waals surface area contributed by atoms with Crippen LogP contribution in [0.5, 0.6) is 5.75 Å². The van der Waals surface area contributed by atoms with E-state index in [1.165, 1.54) is 26.6 Å². The van der Waals surface area contributed by atoms with Crippen LogP contribution in [0.4, 0.5) is 20.7 Å². The van der Waals surface area contributed by atoms with E-state index in [4.69, 9.17) is 4.74 Å². The minimum Gasteiger partial charge on any atom is -0.497 e. The number of esters is 1. The number of hydrogen-bond donors (Lipinski definition) is 2. The standard InChI is InChI=1S/C25H26FN5O4/c1-34-19-7-8-20(21(26)13-19)22-14-23(28-15-27-22)31-11-9-18(10-12-31)30-25(33)29-17-5-3-16(4-6-17)24(32)35-2/h3-8,13-15,18H,9-12H2,1-2H3,(H2,29,30,33).